The molecule has 1 aromatic carbocycles. The van der Waals surface area contributed by atoms with E-state index < -0.39 is 0 Å². The zero-order valence-electron chi connectivity index (χ0n) is 21.4. The number of rotatable bonds is 8. The van der Waals surface area contributed by atoms with Crippen LogP contribution in [0.15, 0.2) is 36.7 Å². The van der Waals surface area contributed by atoms with Gasteiger partial charge >= 0.3 is 0 Å². The molecule has 1 aliphatic heterocycles. The van der Waals surface area contributed by atoms with Crippen LogP contribution in [0.1, 0.15) is 35.5 Å². The number of hydrogen-bond donors (Lipinski definition) is 3. The molecule has 1 unspecified atom stereocenters. The maximum absolute atomic E-state index is 12.3. The van der Waals surface area contributed by atoms with Gasteiger partial charge in [0.1, 0.15) is 0 Å². The second-order valence-corrected chi connectivity index (χ2v) is 10.2. The first-order chi connectivity index (χ1) is 17.8. The van der Waals surface area contributed by atoms with Crippen LogP contribution >= 0.6 is 11.6 Å². The van der Waals surface area contributed by atoms with Crippen molar-refractivity contribution in [3.63, 3.8) is 0 Å². The molecule has 0 spiro atoms. The van der Waals surface area contributed by atoms with Crippen LogP contribution in [0.5, 0.6) is 5.75 Å². The van der Waals surface area contributed by atoms with Crippen molar-refractivity contribution >= 4 is 36.0 Å². The number of para-hydroxylation sites is 1. The fourth-order valence-corrected chi connectivity index (χ4v) is 5.16. The number of aromatic nitrogens is 2. The summed E-state index contributed by atoms with van der Waals surface area (Å²) in [4.78, 5) is 20.1. The fraction of sp³-hybridized carbons (Fsp3) is 0.321. The molecule has 1 saturated heterocycles. The molecule has 3 heterocycles. The van der Waals surface area contributed by atoms with Crippen LogP contribution < -0.4 is 15.4 Å². The van der Waals surface area contributed by atoms with E-state index in [-0.39, 0.29) is 17.9 Å². The van der Waals surface area contributed by atoms with Crippen LogP contribution in [0.3, 0.4) is 0 Å². The summed E-state index contributed by atoms with van der Waals surface area (Å²) in [5.74, 6) is 9.47. The average molecular weight is 514 g/mol. The largest absolute Gasteiger partial charge is 0.493 e. The van der Waals surface area contributed by atoms with Gasteiger partial charge < -0.3 is 20.4 Å². The predicted octanol–water partition coefficient (Wildman–Crippen LogP) is 5.38. The molecule has 9 heteroatoms. The molecule has 4 rings (SSSR count). The maximum Gasteiger partial charge on any atom is 0.284 e. The summed E-state index contributed by atoms with van der Waals surface area (Å²) in [5.41, 5.74) is 4.77. The number of pyridine rings is 1. The van der Waals surface area contributed by atoms with Crippen molar-refractivity contribution in [2.24, 2.45) is 5.41 Å². The second-order valence-electron chi connectivity index (χ2n) is 9.78. The van der Waals surface area contributed by atoms with E-state index in [1.165, 1.54) is 0 Å². The number of anilines is 2. The Balaban J connectivity index is 1.85. The highest BCUT2D eigenvalue weighted by molar-refractivity contribution is 6.72. The Morgan fingerprint density at radius 3 is 2.86 bits per heavy atom. The molecule has 1 fully saturated rings. The number of hydrogen-bond acceptors (Lipinski definition) is 6. The van der Waals surface area contributed by atoms with E-state index >= 15 is 0 Å². The van der Waals surface area contributed by atoms with Gasteiger partial charge in [0.2, 0.25) is 0 Å². The van der Waals surface area contributed by atoms with Gasteiger partial charge in [-0.1, -0.05) is 43.8 Å². The maximum atomic E-state index is 12.3. The van der Waals surface area contributed by atoms with E-state index in [1.54, 1.807) is 25.6 Å². The van der Waals surface area contributed by atoms with Crippen molar-refractivity contribution in [1.82, 2.24) is 15.3 Å². The number of aldehydes is 1. The van der Waals surface area contributed by atoms with Crippen molar-refractivity contribution < 1.29 is 9.53 Å². The van der Waals surface area contributed by atoms with E-state index in [4.69, 9.17) is 16.3 Å². The van der Waals surface area contributed by atoms with Gasteiger partial charge in [0.05, 0.1) is 40.3 Å². The lowest BCUT2D eigenvalue weighted by atomic mass is 9.22. The summed E-state index contributed by atoms with van der Waals surface area (Å²) in [5, 5.41) is 16.5. The Bertz CT molecular complexity index is 1420. The minimum absolute atomic E-state index is 0.0109. The summed E-state index contributed by atoms with van der Waals surface area (Å²) in [6.45, 7) is 4.89. The van der Waals surface area contributed by atoms with Gasteiger partial charge in [0.15, 0.2) is 12.0 Å². The highest BCUT2D eigenvalue weighted by Crippen LogP contribution is 2.50. The SMILES string of the molecule is CNCCc1[nH]c(-c2ccncc2C#CC2B(C#N)CC2(C)C)c(Nc2cccc(Cl)c2OC)c1C=O. The molecule has 2 aromatic heterocycles. The van der Waals surface area contributed by atoms with E-state index in [0.717, 1.165) is 23.9 Å². The summed E-state index contributed by atoms with van der Waals surface area (Å²) < 4.78 is 5.53. The minimum Gasteiger partial charge on any atom is -0.493 e. The molecule has 0 amide bonds. The van der Waals surface area contributed by atoms with Crippen LogP contribution in [-0.4, -0.2) is 43.7 Å². The summed E-state index contributed by atoms with van der Waals surface area (Å²) in [6.07, 6.45) is 5.73. The monoisotopic (exact) mass is 513 g/mol. The Labute approximate surface area is 223 Å². The zero-order valence-corrected chi connectivity index (χ0v) is 22.2. The van der Waals surface area contributed by atoms with Gasteiger partial charge in [-0.3, -0.25) is 9.78 Å². The number of nitriles is 1. The van der Waals surface area contributed by atoms with Gasteiger partial charge in [-0.25, -0.2) is 5.26 Å². The second kappa shape index (κ2) is 11.1. The number of carbonyl (C=O) groups excluding carboxylic acids is 1. The highest BCUT2D eigenvalue weighted by atomic mass is 35.5. The third-order valence-corrected chi connectivity index (χ3v) is 7.20. The molecule has 0 radical (unpaired) electrons. The van der Waals surface area contributed by atoms with Gasteiger partial charge in [0, 0.05) is 48.4 Å². The zero-order chi connectivity index (χ0) is 26.6. The topological polar surface area (TPSA) is 103 Å². The number of methoxy groups -OCH3 is 1. The first-order valence-electron chi connectivity index (χ1n) is 12.1. The standard InChI is InChI=1S/C28H29BClN5O2/c1-28(2)16-29(17-31)24(28)9-8-18-14-33-13-10-19(18)25-26(20(15-36)22(34-25)11-12-32-3)35-23-7-5-6-21(30)27(23)37-4/h5-7,10,13-15,24,32,34-35H,11-12,16H2,1-4H3. The molecule has 37 heavy (non-hydrogen) atoms. The number of aromatic amines is 1. The number of halogens is 1. The Kier molecular flexibility index (Phi) is 7.93. The van der Waals surface area contributed by atoms with Crippen molar-refractivity contribution in [2.45, 2.75) is 32.4 Å². The van der Waals surface area contributed by atoms with Gasteiger partial charge in [0.25, 0.3) is 6.71 Å². The van der Waals surface area contributed by atoms with Crippen molar-refractivity contribution in [3.8, 4) is 34.8 Å². The molecule has 3 N–H and O–H groups in total. The third kappa shape index (κ3) is 5.22. The summed E-state index contributed by atoms with van der Waals surface area (Å²) in [6, 6.07) is 7.28. The molecule has 3 aromatic rings. The normalized spacial score (nSPS) is 15.7. The van der Waals surface area contributed by atoms with E-state index in [9.17, 15) is 10.1 Å². The first-order valence-corrected chi connectivity index (χ1v) is 12.5. The quantitative estimate of drug-likeness (QED) is 0.212. The molecule has 188 valence electrons. The van der Waals surface area contributed by atoms with Gasteiger partial charge in [-0.2, -0.15) is 0 Å². The lowest BCUT2D eigenvalue weighted by molar-refractivity contribution is 0.112. The third-order valence-electron chi connectivity index (χ3n) is 6.90. The average Bonchev–Trinajstić information content (AvgIpc) is 3.23. The lowest BCUT2D eigenvalue weighted by Crippen LogP contribution is -2.44. The number of benzene rings is 1. The summed E-state index contributed by atoms with van der Waals surface area (Å²) >= 11 is 6.36. The van der Waals surface area contributed by atoms with Crippen LogP contribution in [0, 0.1) is 28.5 Å². The van der Waals surface area contributed by atoms with Crippen molar-refractivity contribution in [2.75, 3.05) is 26.0 Å². The molecule has 0 saturated carbocycles. The molecule has 1 aliphatic rings. The molecular weight excluding hydrogens is 485 g/mol. The number of nitrogens with one attached hydrogen (secondary N) is 3. The molecule has 0 bridgehead atoms. The lowest BCUT2D eigenvalue weighted by Gasteiger charge is -2.43. The first kappa shape index (κ1) is 26.4. The molecule has 0 aliphatic carbocycles. The number of likely N-dealkylation sites (N-methyl/N-ethyl adjacent to an activating group) is 1. The van der Waals surface area contributed by atoms with Crippen LogP contribution in [0.4, 0.5) is 11.4 Å². The molecule has 1 atom stereocenters. The predicted molar refractivity (Wildman–Crippen MR) is 149 cm³/mol. The number of ether oxygens (including phenoxy) is 1. The van der Waals surface area contributed by atoms with E-state index in [2.05, 4.69) is 52.3 Å². The van der Waals surface area contributed by atoms with Crippen LogP contribution in [-0.2, 0) is 6.42 Å². The van der Waals surface area contributed by atoms with Gasteiger partial charge in [-0.05, 0) is 30.7 Å². The van der Waals surface area contributed by atoms with E-state index in [1.807, 2.05) is 25.2 Å². The minimum atomic E-state index is -0.0737. The van der Waals surface area contributed by atoms with Crippen LogP contribution in [0.2, 0.25) is 17.2 Å². The molecular formula is C28H29BClN5O2. The smallest absolute Gasteiger partial charge is 0.284 e. The highest BCUT2D eigenvalue weighted by Gasteiger charge is 2.49. The number of carbonyl (C=O) groups is 1. The van der Waals surface area contributed by atoms with Crippen LogP contribution in [0.25, 0.3) is 11.3 Å². The van der Waals surface area contributed by atoms with E-state index in [0.29, 0.717) is 51.9 Å². The Morgan fingerprint density at radius 2 is 2.19 bits per heavy atom. The van der Waals surface area contributed by atoms with Crippen molar-refractivity contribution in [3.05, 3.63) is 58.5 Å². The number of nitrogens with zero attached hydrogens (tertiary/aromatic N) is 2. The number of H-pyrrole nitrogens is 1. The Hall–Kier alpha value is -3.72. The fourth-order valence-electron chi connectivity index (χ4n) is 4.90. The Morgan fingerprint density at radius 1 is 1.38 bits per heavy atom. The molecule has 7 nitrogen and oxygen atoms in total. The summed E-state index contributed by atoms with van der Waals surface area (Å²) in [7, 11) is 3.42. The van der Waals surface area contributed by atoms with Crippen molar-refractivity contribution in [1.29, 1.82) is 5.26 Å². The van der Waals surface area contributed by atoms with Gasteiger partial charge in [-0.15, -0.1) is 5.92 Å².